The molecule has 0 radical (unpaired) electrons. The van der Waals surface area contributed by atoms with E-state index in [9.17, 15) is 5.11 Å². The smallest absolute Gasteiger partial charge is 0.0756 e. The Morgan fingerprint density at radius 3 is 2.11 bits per heavy atom. The van der Waals surface area contributed by atoms with E-state index in [0.29, 0.717) is 5.92 Å². The zero-order valence-corrected chi connectivity index (χ0v) is 11.4. The largest absolute Gasteiger partial charge is 0.389 e. The quantitative estimate of drug-likeness (QED) is 0.840. The average Bonchev–Trinajstić information content (AvgIpc) is 2.76. The van der Waals surface area contributed by atoms with E-state index in [-0.39, 0.29) is 0 Å². The molecule has 2 aliphatic rings. The number of hydrogen-bond donors (Lipinski definition) is 1. The molecule has 3 rings (SSSR count). The topological polar surface area (TPSA) is 20.2 Å². The van der Waals surface area contributed by atoms with Gasteiger partial charge in [0.15, 0.2) is 0 Å². The van der Waals surface area contributed by atoms with E-state index in [2.05, 4.69) is 31.2 Å². The molecule has 0 aliphatic heterocycles. The van der Waals surface area contributed by atoms with E-state index in [4.69, 9.17) is 0 Å². The number of fused-ring (bicyclic) bond motifs is 1. The second-order valence-corrected chi connectivity index (χ2v) is 6.35. The van der Waals surface area contributed by atoms with Crippen molar-refractivity contribution in [2.75, 3.05) is 0 Å². The molecule has 1 nitrogen and oxygen atoms in total. The Morgan fingerprint density at radius 2 is 1.61 bits per heavy atom. The van der Waals surface area contributed by atoms with Crippen molar-refractivity contribution < 1.29 is 5.11 Å². The second-order valence-electron chi connectivity index (χ2n) is 6.35. The Hall–Kier alpha value is -0.820. The average molecular weight is 244 g/mol. The van der Waals surface area contributed by atoms with Crippen molar-refractivity contribution in [1.82, 2.24) is 0 Å². The van der Waals surface area contributed by atoms with Gasteiger partial charge in [-0.2, -0.15) is 0 Å². The molecule has 0 saturated heterocycles. The summed E-state index contributed by atoms with van der Waals surface area (Å²) in [6, 6.07) is 8.56. The molecule has 0 atom stereocenters. The molecule has 0 heterocycles. The van der Waals surface area contributed by atoms with Gasteiger partial charge in [0.1, 0.15) is 0 Å². The lowest BCUT2D eigenvalue weighted by Crippen LogP contribution is -2.40. The molecule has 0 amide bonds. The molecular weight excluding hydrogens is 220 g/mol. The number of rotatable bonds is 2. The van der Waals surface area contributed by atoms with Crippen LogP contribution in [-0.4, -0.2) is 10.7 Å². The fraction of sp³-hybridized carbons (Fsp3) is 0.647. The summed E-state index contributed by atoms with van der Waals surface area (Å²) in [4.78, 5) is 0. The van der Waals surface area contributed by atoms with E-state index in [1.54, 1.807) is 0 Å². The van der Waals surface area contributed by atoms with Gasteiger partial charge in [-0.3, -0.25) is 0 Å². The van der Waals surface area contributed by atoms with Gasteiger partial charge < -0.3 is 5.11 Å². The summed E-state index contributed by atoms with van der Waals surface area (Å²) in [5.74, 6) is 1.43. The minimum Gasteiger partial charge on any atom is -0.389 e. The normalized spacial score (nSPS) is 30.1. The molecule has 1 N–H and O–H groups in total. The third-order valence-electron chi connectivity index (χ3n) is 5.30. The maximum absolute atomic E-state index is 11.0. The zero-order valence-electron chi connectivity index (χ0n) is 11.4. The number of aliphatic hydroxyl groups is 1. The van der Waals surface area contributed by atoms with Crippen molar-refractivity contribution in [1.29, 1.82) is 0 Å². The highest BCUT2D eigenvalue weighted by Gasteiger charge is 2.42. The van der Waals surface area contributed by atoms with E-state index in [1.165, 1.54) is 43.2 Å². The van der Waals surface area contributed by atoms with Crippen molar-refractivity contribution in [3.63, 3.8) is 0 Å². The van der Waals surface area contributed by atoms with Gasteiger partial charge in [-0.05, 0) is 35.8 Å². The summed E-state index contributed by atoms with van der Waals surface area (Å²) in [6.45, 7) is 2.30. The first-order valence-electron chi connectivity index (χ1n) is 7.50. The lowest BCUT2D eigenvalue weighted by atomic mass is 9.72. The van der Waals surface area contributed by atoms with Crippen LogP contribution >= 0.6 is 0 Å². The van der Waals surface area contributed by atoms with Gasteiger partial charge in [0, 0.05) is 12.8 Å². The first-order valence-corrected chi connectivity index (χ1v) is 7.50. The van der Waals surface area contributed by atoms with E-state index < -0.39 is 5.60 Å². The van der Waals surface area contributed by atoms with Crippen LogP contribution in [0.2, 0.25) is 0 Å². The van der Waals surface area contributed by atoms with Gasteiger partial charge >= 0.3 is 0 Å². The minimum absolute atomic E-state index is 0.442. The summed E-state index contributed by atoms with van der Waals surface area (Å²) in [5.41, 5.74) is 2.30. The van der Waals surface area contributed by atoms with Gasteiger partial charge in [0.25, 0.3) is 0 Å². The van der Waals surface area contributed by atoms with Crippen molar-refractivity contribution >= 4 is 0 Å². The van der Waals surface area contributed by atoms with Crippen LogP contribution in [0, 0.1) is 11.8 Å². The van der Waals surface area contributed by atoms with Crippen LogP contribution in [0.3, 0.4) is 0 Å². The SMILES string of the molecule is CCC1CCC(C2(O)Cc3ccccc3C2)CC1. The maximum atomic E-state index is 11.0. The highest BCUT2D eigenvalue weighted by Crippen LogP contribution is 2.43. The van der Waals surface area contributed by atoms with Crippen LogP contribution in [0.25, 0.3) is 0 Å². The van der Waals surface area contributed by atoms with Gasteiger partial charge in [0.05, 0.1) is 5.60 Å². The molecule has 1 saturated carbocycles. The molecule has 0 bridgehead atoms. The minimum atomic E-state index is -0.442. The predicted molar refractivity (Wildman–Crippen MR) is 74.5 cm³/mol. The molecule has 1 fully saturated rings. The van der Waals surface area contributed by atoms with Crippen LogP contribution in [-0.2, 0) is 12.8 Å². The summed E-state index contributed by atoms with van der Waals surface area (Å²) in [5, 5.41) is 11.0. The summed E-state index contributed by atoms with van der Waals surface area (Å²) in [6.07, 6.45) is 8.16. The third kappa shape index (κ3) is 2.09. The highest BCUT2D eigenvalue weighted by molar-refractivity contribution is 5.35. The monoisotopic (exact) mass is 244 g/mol. The molecule has 1 heteroatoms. The molecule has 2 aliphatic carbocycles. The molecule has 0 unspecified atom stereocenters. The number of hydrogen-bond acceptors (Lipinski definition) is 1. The van der Waals surface area contributed by atoms with Gasteiger partial charge in [-0.1, -0.05) is 50.5 Å². The Morgan fingerprint density at radius 1 is 1.06 bits per heavy atom. The van der Waals surface area contributed by atoms with Crippen LogP contribution in [0.1, 0.15) is 50.2 Å². The first-order chi connectivity index (χ1) is 8.71. The summed E-state index contributed by atoms with van der Waals surface area (Å²) >= 11 is 0. The summed E-state index contributed by atoms with van der Waals surface area (Å²) < 4.78 is 0. The van der Waals surface area contributed by atoms with Gasteiger partial charge in [0.2, 0.25) is 0 Å². The van der Waals surface area contributed by atoms with Crippen LogP contribution in [0.4, 0.5) is 0 Å². The second kappa shape index (κ2) is 4.70. The Balaban J connectivity index is 1.71. The molecular formula is C17H24O. The molecule has 0 spiro atoms. The zero-order chi connectivity index (χ0) is 12.6. The molecule has 18 heavy (non-hydrogen) atoms. The van der Waals surface area contributed by atoms with Gasteiger partial charge in [-0.25, -0.2) is 0 Å². The van der Waals surface area contributed by atoms with Gasteiger partial charge in [-0.15, -0.1) is 0 Å². The molecule has 1 aromatic rings. The lowest BCUT2D eigenvalue weighted by molar-refractivity contribution is -0.0296. The molecule has 0 aromatic heterocycles. The molecule has 98 valence electrons. The maximum Gasteiger partial charge on any atom is 0.0756 e. The Labute approximate surface area is 110 Å². The first kappa shape index (κ1) is 12.2. The van der Waals surface area contributed by atoms with Crippen molar-refractivity contribution in [3.8, 4) is 0 Å². The van der Waals surface area contributed by atoms with Crippen molar-refractivity contribution in [2.24, 2.45) is 11.8 Å². The van der Waals surface area contributed by atoms with Crippen LogP contribution in [0.15, 0.2) is 24.3 Å². The van der Waals surface area contributed by atoms with E-state index in [1.807, 2.05) is 0 Å². The fourth-order valence-corrected chi connectivity index (χ4v) is 4.02. The highest BCUT2D eigenvalue weighted by atomic mass is 16.3. The van der Waals surface area contributed by atoms with E-state index >= 15 is 0 Å². The van der Waals surface area contributed by atoms with Crippen LogP contribution < -0.4 is 0 Å². The fourth-order valence-electron chi connectivity index (χ4n) is 4.02. The number of benzene rings is 1. The third-order valence-corrected chi connectivity index (χ3v) is 5.30. The predicted octanol–water partition coefficient (Wildman–Crippen LogP) is 3.73. The van der Waals surface area contributed by atoms with Crippen molar-refractivity contribution in [3.05, 3.63) is 35.4 Å². The molecule has 1 aromatic carbocycles. The Kier molecular flexibility index (Phi) is 3.19. The standard InChI is InChI=1S/C17H24O/c1-2-13-7-9-16(10-8-13)17(18)11-14-5-3-4-6-15(14)12-17/h3-6,13,16,18H,2,7-12H2,1H3. The summed E-state index contributed by atoms with van der Waals surface area (Å²) in [7, 11) is 0. The lowest BCUT2D eigenvalue weighted by Gasteiger charge is -2.38. The Bertz CT molecular complexity index is 390. The van der Waals surface area contributed by atoms with Crippen molar-refractivity contribution in [2.45, 2.75) is 57.5 Å². The van der Waals surface area contributed by atoms with Crippen LogP contribution in [0.5, 0.6) is 0 Å². The van der Waals surface area contributed by atoms with E-state index in [0.717, 1.165) is 18.8 Å².